The summed E-state index contributed by atoms with van der Waals surface area (Å²) in [5.74, 6) is 0.233. The van der Waals surface area contributed by atoms with Gasteiger partial charge >= 0.3 is 0 Å². The summed E-state index contributed by atoms with van der Waals surface area (Å²) in [5, 5.41) is 33.9. The number of rotatable bonds is 4. The van der Waals surface area contributed by atoms with Crippen molar-refractivity contribution >= 4 is 11.3 Å². The molecule has 7 nitrogen and oxygen atoms in total. The van der Waals surface area contributed by atoms with Crippen molar-refractivity contribution in [1.29, 1.82) is 5.26 Å². The minimum absolute atomic E-state index is 0.00241. The Balaban J connectivity index is 2.11. The molecule has 7 heteroatoms. The summed E-state index contributed by atoms with van der Waals surface area (Å²) in [5.41, 5.74) is 1.89. The molecule has 0 radical (unpaired) electrons. The monoisotopic (exact) mass is 242 g/mol. The Morgan fingerprint density at radius 2 is 2.22 bits per heavy atom. The van der Waals surface area contributed by atoms with Crippen LogP contribution in [0.4, 0.5) is 5.69 Å². The number of tetrazole rings is 1. The highest BCUT2D eigenvalue weighted by molar-refractivity contribution is 5.73. The fourth-order valence-electron chi connectivity index (χ4n) is 1.28. The first-order valence-corrected chi connectivity index (χ1v) is 5.14. The normalized spacial score (nSPS) is 11.0. The van der Waals surface area contributed by atoms with E-state index >= 15 is 0 Å². The van der Waals surface area contributed by atoms with Crippen molar-refractivity contribution in [3.05, 3.63) is 41.9 Å². The summed E-state index contributed by atoms with van der Waals surface area (Å²) in [6, 6.07) is 9.15. The molecule has 0 fully saturated rings. The Morgan fingerprint density at radius 1 is 1.44 bits per heavy atom. The van der Waals surface area contributed by atoms with Gasteiger partial charge < -0.3 is 10.4 Å². The van der Waals surface area contributed by atoms with Gasteiger partial charge in [-0.3, -0.25) is 0 Å². The third-order valence-corrected chi connectivity index (χ3v) is 2.23. The predicted octanol–water partition coefficient (Wildman–Crippen LogP) is 0.669. The molecule has 0 atom stereocenters. The maximum atomic E-state index is 8.95. The van der Waals surface area contributed by atoms with Gasteiger partial charge in [0.15, 0.2) is 0 Å². The van der Waals surface area contributed by atoms with Crippen molar-refractivity contribution in [2.24, 2.45) is 0 Å². The molecule has 0 aliphatic rings. The number of allylic oxidation sites excluding steroid dienone is 1. The van der Waals surface area contributed by atoms with Crippen LogP contribution < -0.4 is 5.32 Å². The lowest BCUT2D eigenvalue weighted by atomic mass is 10.2. The molecule has 90 valence electrons. The van der Waals surface area contributed by atoms with Gasteiger partial charge in [0.1, 0.15) is 11.6 Å². The Labute approximate surface area is 103 Å². The van der Waals surface area contributed by atoms with Crippen LogP contribution in [0.3, 0.4) is 0 Å². The molecule has 0 amide bonds. The maximum absolute atomic E-state index is 8.95. The zero-order chi connectivity index (χ0) is 12.8. The molecule has 1 aromatic heterocycles. The number of aromatic nitrogens is 4. The van der Waals surface area contributed by atoms with Crippen LogP contribution in [-0.2, 0) is 6.61 Å². The zero-order valence-electron chi connectivity index (χ0n) is 9.33. The molecule has 2 rings (SSSR count). The van der Waals surface area contributed by atoms with Crippen molar-refractivity contribution in [2.45, 2.75) is 6.61 Å². The van der Waals surface area contributed by atoms with Gasteiger partial charge in [0.25, 0.3) is 0 Å². The topological polar surface area (TPSA) is 111 Å². The summed E-state index contributed by atoms with van der Waals surface area (Å²) >= 11 is 0. The summed E-state index contributed by atoms with van der Waals surface area (Å²) in [7, 11) is 0. The molecule has 0 aliphatic heterocycles. The third-order valence-electron chi connectivity index (χ3n) is 2.23. The van der Waals surface area contributed by atoms with E-state index < -0.39 is 0 Å². The number of aliphatic hydroxyl groups excluding tert-OH is 1. The Bertz CT molecular complexity index is 567. The van der Waals surface area contributed by atoms with Gasteiger partial charge in [-0.1, -0.05) is 12.1 Å². The van der Waals surface area contributed by atoms with E-state index in [9.17, 15) is 0 Å². The number of anilines is 1. The molecule has 1 aromatic carbocycles. The van der Waals surface area contributed by atoms with E-state index in [1.54, 1.807) is 24.3 Å². The highest BCUT2D eigenvalue weighted by Crippen LogP contribution is 2.12. The van der Waals surface area contributed by atoms with E-state index in [1.165, 1.54) is 6.20 Å². The minimum Gasteiger partial charge on any atom is -0.392 e. The SMILES string of the molecule is N#CC(=CNc1ccc(CO)cc1)c1nn[nH]n1. The largest absolute Gasteiger partial charge is 0.392 e. The van der Waals surface area contributed by atoms with Gasteiger partial charge in [-0.15, -0.1) is 10.2 Å². The first-order valence-electron chi connectivity index (χ1n) is 5.14. The minimum atomic E-state index is 0.00241. The van der Waals surface area contributed by atoms with E-state index in [2.05, 4.69) is 25.9 Å². The summed E-state index contributed by atoms with van der Waals surface area (Å²) < 4.78 is 0. The standard InChI is InChI=1S/C11H10N6O/c12-5-9(11-14-16-17-15-11)6-13-10-3-1-8(7-18)2-4-10/h1-4,6,13,18H,7H2,(H,14,15,16,17). The van der Waals surface area contributed by atoms with Crippen LogP contribution in [0.5, 0.6) is 0 Å². The molecule has 0 spiro atoms. The molecule has 0 unspecified atom stereocenters. The first kappa shape index (κ1) is 11.8. The lowest BCUT2D eigenvalue weighted by molar-refractivity contribution is 0.282. The van der Waals surface area contributed by atoms with E-state index in [0.717, 1.165) is 11.3 Å². The number of nitriles is 1. The van der Waals surface area contributed by atoms with Crippen LogP contribution in [0.25, 0.3) is 5.57 Å². The van der Waals surface area contributed by atoms with Gasteiger partial charge in [-0.25, -0.2) is 0 Å². The molecule has 0 bridgehead atoms. The van der Waals surface area contributed by atoms with E-state index in [-0.39, 0.29) is 18.0 Å². The summed E-state index contributed by atoms with van der Waals surface area (Å²) in [6.45, 7) is 0.00241. The number of benzene rings is 1. The number of aromatic amines is 1. The summed E-state index contributed by atoms with van der Waals surface area (Å²) in [4.78, 5) is 0. The van der Waals surface area contributed by atoms with Gasteiger partial charge in [0.2, 0.25) is 5.82 Å². The summed E-state index contributed by atoms with van der Waals surface area (Å²) in [6.07, 6.45) is 1.50. The van der Waals surface area contributed by atoms with Crippen LogP contribution in [0.15, 0.2) is 30.5 Å². The first-order chi connectivity index (χ1) is 8.83. The number of hydrogen-bond acceptors (Lipinski definition) is 6. The number of hydrogen-bond donors (Lipinski definition) is 3. The average molecular weight is 242 g/mol. The van der Waals surface area contributed by atoms with Gasteiger partial charge in [0, 0.05) is 11.9 Å². The van der Waals surface area contributed by atoms with Crippen molar-refractivity contribution in [1.82, 2.24) is 20.6 Å². The fraction of sp³-hybridized carbons (Fsp3) is 0.0909. The Hall–Kier alpha value is -2.72. The van der Waals surface area contributed by atoms with Crippen molar-refractivity contribution in [3.8, 4) is 6.07 Å². The zero-order valence-corrected chi connectivity index (χ0v) is 9.33. The van der Waals surface area contributed by atoms with E-state index in [4.69, 9.17) is 10.4 Å². The van der Waals surface area contributed by atoms with E-state index in [0.29, 0.717) is 0 Å². The molecule has 1 heterocycles. The predicted molar refractivity (Wildman–Crippen MR) is 63.8 cm³/mol. The fourth-order valence-corrected chi connectivity index (χ4v) is 1.28. The second-order valence-corrected chi connectivity index (χ2v) is 3.40. The molecule has 2 aromatic rings. The third kappa shape index (κ3) is 2.69. The van der Waals surface area contributed by atoms with Crippen LogP contribution in [-0.4, -0.2) is 25.7 Å². The van der Waals surface area contributed by atoms with Crippen LogP contribution in [0.1, 0.15) is 11.4 Å². The average Bonchev–Trinajstić information content (AvgIpc) is 2.94. The molecular weight excluding hydrogens is 232 g/mol. The van der Waals surface area contributed by atoms with E-state index in [1.807, 2.05) is 6.07 Å². The van der Waals surface area contributed by atoms with Gasteiger partial charge in [-0.2, -0.15) is 10.5 Å². The molecule has 0 saturated heterocycles. The van der Waals surface area contributed by atoms with Crippen molar-refractivity contribution < 1.29 is 5.11 Å². The molecule has 3 N–H and O–H groups in total. The second-order valence-electron chi connectivity index (χ2n) is 3.40. The second kappa shape index (κ2) is 5.56. The molecule has 0 saturated carbocycles. The lowest BCUT2D eigenvalue weighted by Crippen LogP contribution is -1.93. The number of aliphatic hydroxyl groups is 1. The number of nitrogens with one attached hydrogen (secondary N) is 2. The number of nitrogens with zero attached hydrogens (tertiary/aromatic N) is 4. The van der Waals surface area contributed by atoms with Crippen molar-refractivity contribution in [3.63, 3.8) is 0 Å². The Morgan fingerprint density at radius 3 is 2.78 bits per heavy atom. The molecule has 18 heavy (non-hydrogen) atoms. The molecule has 0 aliphatic carbocycles. The Kier molecular flexibility index (Phi) is 3.63. The highest BCUT2D eigenvalue weighted by Gasteiger charge is 2.04. The quantitative estimate of drug-likeness (QED) is 0.679. The maximum Gasteiger partial charge on any atom is 0.216 e. The van der Waals surface area contributed by atoms with Crippen LogP contribution in [0.2, 0.25) is 0 Å². The van der Waals surface area contributed by atoms with Gasteiger partial charge in [0.05, 0.1) is 6.61 Å². The molecular formula is C11H10N6O. The van der Waals surface area contributed by atoms with Gasteiger partial charge in [-0.05, 0) is 22.9 Å². The smallest absolute Gasteiger partial charge is 0.216 e. The van der Waals surface area contributed by atoms with Crippen molar-refractivity contribution in [2.75, 3.05) is 5.32 Å². The number of H-pyrrole nitrogens is 1. The van der Waals surface area contributed by atoms with Crippen LogP contribution in [0, 0.1) is 11.3 Å². The lowest BCUT2D eigenvalue weighted by Gasteiger charge is -2.02. The van der Waals surface area contributed by atoms with Crippen LogP contribution >= 0.6 is 0 Å². The highest BCUT2D eigenvalue weighted by atomic mass is 16.3.